The van der Waals surface area contributed by atoms with Crippen LogP contribution in [0.15, 0.2) is 48.8 Å². The molecule has 1 fully saturated rings. The first kappa shape index (κ1) is 14.8. The highest BCUT2D eigenvalue weighted by molar-refractivity contribution is 5.47. The molecule has 2 aromatic rings. The summed E-state index contributed by atoms with van der Waals surface area (Å²) in [6, 6.07) is 11.2. The molecule has 2 N–H and O–H groups in total. The Morgan fingerprint density at radius 2 is 2.05 bits per heavy atom. The Hall–Kier alpha value is -2.14. The van der Waals surface area contributed by atoms with Crippen molar-refractivity contribution in [3.05, 3.63) is 54.6 Å². The van der Waals surface area contributed by atoms with Crippen molar-refractivity contribution in [1.29, 1.82) is 0 Å². The molecule has 2 heterocycles. The quantitative estimate of drug-likeness (QED) is 0.804. The standard InChI is InChI=1S/C17H21FN4/c18-14-3-5-17(6-4-14)22-11-7-16(13-22)21-10-9-20-15-2-1-8-19-12-15/h1-6,8,12,16,20-21H,7,9-11,13H2/t16-/m1/s1. The Balaban J connectivity index is 1.39. The number of hydrogen-bond donors (Lipinski definition) is 2. The highest BCUT2D eigenvalue weighted by atomic mass is 19.1. The molecule has 0 unspecified atom stereocenters. The van der Waals surface area contributed by atoms with Crippen LogP contribution in [0.4, 0.5) is 15.8 Å². The molecule has 1 saturated heterocycles. The maximum absolute atomic E-state index is 13.0. The van der Waals surface area contributed by atoms with Crippen LogP contribution in [0.2, 0.25) is 0 Å². The predicted octanol–water partition coefficient (Wildman–Crippen LogP) is 2.50. The summed E-state index contributed by atoms with van der Waals surface area (Å²) < 4.78 is 13.0. The molecule has 0 amide bonds. The molecule has 1 aliphatic rings. The van der Waals surface area contributed by atoms with Gasteiger partial charge in [-0.05, 0) is 42.8 Å². The van der Waals surface area contributed by atoms with Crippen LogP contribution in [0.25, 0.3) is 0 Å². The van der Waals surface area contributed by atoms with E-state index in [1.54, 1.807) is 6.20 Å². The van der Waals surface area contributed by atoms with Crippen LogP contribution in [0.1, 0.15) is 6.42 Å². The van der Waals surface area contributed by atoms with Gasteiger partial charge in [-0.15, -0.1) is 0 Å². The zero-order valence-electron chi connectivity index (χ0n) is 12.5. The summed E-state index contributed by atoms with van der Waals surface area (Å²) in [4.78, 5) is 6.37. The van der Waals surface area contributed by atoms with Crippen molar-refractivity contribution in [2.45, 2.75) is 12.5 Å². The molecule has 5 heteroatoms. The van der Waals surface area contributed by atoms with E-state index in [1.165, 1.54) is 12.1 Å². The van der Waals surface area contributed by atoms with Gasteiger partial charge in [0.15, 0.2) is 0 Å². The van der Waals surface area contributed by atoms with E-state index in [2.05, 4.69) is 20.5 Å². The van der Waals surface area contributed by atoms with E-state index in [0.717, 1.165) is 44.0 Å². The van der Waals surface area contributed by atoms with Crippen LogP contribution in [0.3, 0.4) is 0 Å². The van der Waals surface area contributed by atoms with Gasteiger partial charge in [-0.2, -0.15) is 0 Å². The van der Waals surface area contributed by atoms with Crippen LogP contribution in [-0.4, -0.2) is 37.2 Å². The number of aromatic nitrogens is 1. The summed E-state index contributed by atoms with van der Waals surface area (Å²) in [5.41, 5.74) is 2.14. The molecule has 3 rings (SSSR count). The molecular formula is C17H21FN4. The highest BCUT2D eigenvalue weighted by Gasteiger charge is 2.21. The minimum absolute atomic E-state index is 0.181. The molecule has 0 spiro atoms. The van der Waals surface area contributed by atoms with Gasteiger partial charge >= 0.3 is 0 Å². The summed E-state index contributed by atoms with van der Waals surface area (Å²) in [6.07, 6.45) is 4.71. The van der Waals surface area contributed by atoms with Gasteiger partial charge in [-0.3, -0.25) is 4.98 Å². The first-order valence-electron chi connectivity index (χ1n) is 7.69. The minimum atomic E-state index is -0.181. The van der Waals surface area contributed by atoms with E-state index in [1.807, 2.05) is 30.5 Å². The normalized spacial score (nSPS) is 17.7. The molecule has 1 atom stereocenters. The first-order valence-corrected chi connectivity index (χ1v) is 7.69. The van der Waals surface area contributed by atoms with Crippen LogP contribution >= 0.6 is 0 Å². The molecule has 0 aliphatic carbocycles. The highest BCUT2D eigenvalue weighted by Crippen LogP contribution is 2.20. The third-order valence-electron chi connectivity index (χ3n) is 3.93. The van der Waals surface area contributed by atoms with Crippen molar-refractivity contribution >= 4 is 11.4 Å². The van der Waals surface area contributed by atoms with Crippen molar-refractivity contribution in [2.75, 3.05) is 36.4 Å². The average molecular weight is 300 g/mol. The van der Waals surface area contributed by atoms with E-state index >= 15 is 0 Å². The fraction of sp³-hybridized carbons (Fsp3) is 0.353. The van der Waals surface area contributed by atoms with E-state index in [-0.39, 0.29) is 5.82 Å². The van der Waals surface area contributed by atoms with Crippen LogP contribution in [0, 0.1) is 5.82 Å². The summed E-state index contributed by atoms with van der Waals surface area (Å²) in [7, 11) is 0. The Labute approximate surface area is 130 Å². The average Bonchev–Trinajstić information content (AvgIpc) is 3.02. The zero-order valence-corrected chi connectivity index (χ0v) is 12.5. The molecular weight excluding hydrogens is 279 g/mol. The number of halogens is 1. The Bertz CT molecular complexity index is 573. The van der Waals surface area contributed by atoms with Gasteiger partial charge in [0, 0.05) is 50.3 Å². The van der Waals surface area contributed by atoms with E-state index in [0.29, 0.717) is 6.04 Å². The SMILES string of the molecule is Fc1ccc(N2CC[C@@H](NCCNc3cccnc3)C2)cc1. The van der Waals surface area contributed by atoms with E-state index in [9.17, 15) is 4.39 Å². The van der Waals surface area contributed by atoms with Gasteiger partial charge < -0.3 is 15.5 Å². The minimum Gasteiger partial charge on any atom is -0.383 e. The monoisotopic (exact) mass is 300 g/mol. The van der Waals surface area contributed by atoms with Gasteiger partial charge in [0.05, 0.1) is 5.69 Å². The van der Waals surface area contributed by atoms with Crippen molar-refractivity contribution in [1.82, 2.24) is 10.3 Å². The van der Waals surface area contributed by atoms with Crippen LogP contribution in [0.5, 0.6) is 0 Å². The van der Waals surface area contributed by atoms with Gasteiger partial charge in [0.2, 0.25) is 0 Å². The van der Waals surface area contributed by atoms with E-state index < -0.39 is 0 Å². The second-order valence-corrected chi connectivity index (χ2v) is 5.53. The second kappa shape index (κ2) is 7.22. The lowest BCUT2D eigenvalue weighted by Gasteiger charge is -2.19. The molecule has 0 bridgehead atoms. The van der Waals surface area contributed by atoms with Gasteiger partial charge in [-0.25, -0.2) is 4.39 Å². The number of hydrogen-bond acceptors (Lipinski definition) is 4. The summed E-state index contributed by atoms with van der Waals surface area (Å²) in [5.74, 6) is -0.181. The summed E-state index contributed by atoms with van der Waals surface area (Å²) in [5, 5.41) is 6.90. The topological polar surface area (TPSA) is 40.2 Å². The maximum Gasteiger partial charge on any atom is 0.123 e. The number of nitrogens with zero attached hydrogens (tertiary/aromatic N) is 2. The smallest absolute Gasteiger partial charge is 0.123 e. The van der Waals surface area contributed by atoms with Crippen LogP contribution in [-0.2, 0) is 0 Å². The summed E-state index contributed by atoms with van der Waals surface area (Å²) >= 11 is 0. The molecule has 1 aromatic carbocycles. The molecule has 0 radical (unpaired) electrons. The third kappa shape index (κ3) is 3.95. The lowest BCUT2D eigenvalue weighted by Crippen LogP contribution is -2.35. The van der Waals surface area contributed by atoms with Crippen LogP contribution < -0.4 is 15.5 Å². The number of anilines is 2. The number of nitrogens with one attached hydrogen (secondary N) is 2. The number of rotatable bonds is 6. The summed E-state index contributed by atoms with van der Waals surface area (Å²) in [6.45, 7) is 3.77. The fourth-order valence-electron chi connectivity index (χ4n) is 2.76. The second-order valence-electron chi connectivity index (χ2n) is 5.53. The number of pyridine rings is 1. The lowest BCUT2D eigenvalue weighted by molar-refractivity contribution is 0.564. The Morgan fingerprint density at radius 1 is 1.18 bits per heavy atom. The van der Waals surface area contributed by atoms with Crippen molar-refractivity contribution in [3.63, 3.8) is 0 Å². The molecule has 4 nitrogen and oxygen atoms in total. The molecule has 1 aromatic heterocycles. The van der Waals surface area contributed by atoms with Gasteiger partial charge in [0.1, 0.15) is 5.82 Å². The largest absolute Gasteiger partial charge is 0.383 e. The first-order chi connectivity index (χ1) is 10.8. The molecule has 0 saturated carbocycles. The van der Waals surface area contributed by atoms with E-state index in [4.69, 9.17) is 0 Å². The van der Waals surface area contributed by atoms with Crippen molar-refractivity contribution < 1.29 is 4.39 Å². The zero-order chi connectivity index (χ0) is 15.2. The fourth-order valence-corrected chi connectivity index (χ4v) is 2.76. The molecule has 22 heavy (non-hydrogen) atoms. The Morgan fingerprint density at radius 3 is 2.82 bits per heavy atom. The van der Waals surface area contributed by atoms with Gasteiger partial charge in [0.25, 0.3) is 0 Å². The lowest BCUT2D eigenvalue weighted by atomic mass is 10.2. The van der Waals surface area contributed by atoms with Gasteiger partial charge in [-0.1, -0.05) is 0 Å². The van der Waals surface area contributed by atoms with Crippen molar-refractivity contribution in [3.8, 4) is 0 Å². The third-order valence-corrected chi connectivity index (χ3v) is 3.93. The molecule has 116 valence electrons. The number of benzene rings is 1. The maximum atomic E-state index is 13.0. The Kier molecular flexibility index (Phi) is 4.85. The predicted molar refractivity (Wildman–Crippen MR) is 87.7 cm³/mol. The van der Waals surface area contributed by atoms with Crippen molar-refractivity contribution in [2.24, 2.45) is 0 Å². The molecule has 1 aliphatic heterocycles.